The van der Waals surface area contributed by atoms with Crippen molar-refractivity contribution < 1.29 is 4.79 Å². The zero-order valence-corrected chi connectivity index (χ0v) is 14.2. The first-order valence-electron chi connectivity index (χ1n) is 8.52. The largest absolute Gasteiger partial charge is 0.398 e. The Labute approximate surface area is 141 Å². The number of hydrogen-bond acceptors (Lipinski definition) is 4. The Morgan fingerprint density at radius 3 is 2.88 bits per heavy atom. The van der Waals surface area contributed by atoms with Crippen LogP contribution in [0.1, 0.15) is 24.1 Å². The molecular weight excluding hydrogens is 302 g/mol. The average Bonchev–Trinajstić information content (AvgIpc) is 3.09. The van der Waals surface area contributed by atoms with Crippen LogP contribution in [0.25, 0.3) is 0 Å². The monoisotopic (exact) mass is 325 g/mol. The minimum atomic E-state index is -0.110. The molecule has 1 amide bonds. The molecule has 2 aromatic rings. The second-order valence-electron chi connectivity index (χ2n) is 6.70. The van der Waals surface area contributed by atoms with Gasteiger partial charge in [-0.05, 0) is 43.9 Å². The Kier molecular flexibility index (Phi) is 3.48. The zero-order valence-electron chi connectivity index (χ0n) is 14.2. The van der Waals surface area contributed by atoms with Crippen molar-refractivity contribution in [3.8, 4) is 0 Å². The van der Waals surface area contributed by atoms with Gasteiger partial charge in [-0.15, -0.1) is 0 Å². The van der Waals surface area contributed by atoms with Crippen molar-refractivity contribution in [2.24, 2.45) is 7.05 Å². The third-order valence-electron chi connectivity index (χ3n) is 5.13. The molecule has 1 fully saturated rings. The van der Waals surface area contributed by atoms with E-state index in [1.807, 2.05) is 37.1 Å². The van der Waals surface area contributed by atoms with E-state index in [1.54, 1.807) is 4.68 Å². The number of fused-ring (bicyclic) bond motifs is 1. The fourth-order valence-electron chi connectivity index (χ4n) is 4.03. The summed E-state index contributed by atoms with van der Waals surface area (Å²) in [5, 5.41) is 4.37. The number of carbonyl (C=O) groups is 1. The number of anilines is 3. The van der Waals surface area contributed by atoms with Crippen LogP contribution in [0, 0.1) is 6.92 Å². The van der Waals surface area contributed by atoms with Crippen molar-refractivity contribution in [1.82, 2.24) is 9.78 Å². The van der Waals surface area contributed by atoms with E-state index in [-0.39, 0.29) is 11.9 Å². The van der Waals surface area contributed by atoms with Crippen LogP contribution in [0.2, 0.25) is 0 Å². The maximum atomic E-state index is 13.1. The Morgan fingerprint density at radius 2 is 2.12 bits per heavy atom. The second-order valence-corrected chi connectivity index (χ2v) is 6.70. The van der Waals surface area contributed by atoms with Crippen molar-refractivity contribution in [1.29, 1.82) is 0 Å². The summed E-state index contributed by atoms with van der Waals surface area (Å²) in [6.45, 7) is 3.59. The number of nitrogens with zero attached hydrogens (tertiary/aromatic N) is 4. The predicted octanol–water partition coefficient (Wildman–Crippen LogP) is 1.87. The first-order valence-corrected chi connectivity index (χ1v) is 8.52. The number of amides is 1. The summed E-state index contributed by atoms with van der Waals surface area (Å²) in [7, 11) is 1.89. The fraction of sp³-hybridized carbons (Fsp3) is 0.444. The van der Waals surface area contributed by atoms with E-state index in [2.05, 4.69) is 16.1 Å². The van der Waals surface area contributed by atoms with Crippen LogP contribution in [-0.2, 0) is 18.3 Å². The molecule has 0 saturated carbocycles. The fourth-order valence-corrected chi connectivity index (χ4v) is 4.03. The number of aryl methyl sites for hydroxylation is 2. The molecule has 4 rings (SSSR count). The van der Waals surface area contributed by atoms with E-state index in [4.69, 9.17) is 5.73 Å². The lowest BCUT2D eigenvalue weighted by Gasteiger charge is -2.35. The summed E-state index contributed by atoms with van der Waals surface area (Å²) >= 11 is 0. The number of carbonyl (C=O) groups excluding carboxylic acids is 1. The van der Waals surface area contributed by atoms with Crippen molar-refractivity contribution in [3.05, 3.63) is 35.5 Å². The topological polar surface area (TPSA) is 67.4 Å². The van der Waals surface area contributed by atoms with Gasteiger partial charge in [0.2, 0.25) is 0 Å². The molecule has 6 nitrogen and oxygen atoms in total. The van der Waals surface area contributed by atoms with Gasteiger partial charge in [-0.1, -0.05) is 6.07 Å². The molecule has 2 aliphatic heterocycles. The van der Waals surface area contributed by atoms with Gasteiger partial charge in [0, 0.05) is 37.6 Å². The molecule has 2 N–H and O–H groups in total. The molecular formula is C18H23N5O. The number of hydrogen-bond donors (Lipinski definition) is 1. The maximum absolute atomic E-state index is 13.1. The highest BCUT2D eigenvalue weighted by Crippen LogP contribution is 2.35. The smallest absolute Gasteiger partial charge is 0.250 e. The van der Waals surface area contributed by atoms with Crippen LogP contribution in [0.3, 0.4) is 0 Å². The first-order chi connectivity index (χ1) is 11.6. The lowest BCUT2D eigenvalue weighted by atomic mass is 9.98. The molecule has 6 heteroatoms. The Hall–Kier alpha value is -2.50. The minimum absolute atomic E-state index is 0.110. The summed E-state index contributed by atoms with van der Waals surface area (Å²) in [6.07, 6.45) is 2.86. The Morgan fingerprint density at radius 1 is 1.29 bits per heavy atom. The minimum Gasteiger partial charge on any atom is -0.398 e. The van der Waals surface area contributed by atoms with Gasteiger partial charge in [-0.25, -0.2) is 0 Å². The van der Waals surface area contributed by atoms with Gasteiger partial charge >= 0.3 is 0 Å². The molecule has 1 aromatic carbocycles. The molecule has 1 atom stereocenters. The lowest BCUT2D eigenvalue weighted by Crippen LogP contribution is -2.44. The zero-order chi connectivity index (χ0) is 16.8. The highest BCUT2D eigenvalue weighted by atomic mass is 16.2. The summed E-state index contributed by atoms with van der Waals surface area (Å²) < 4.78 is 1.79. The van der Waals surface area contributed by atoms with Crippen LogP contribution < -0.4 is 15.5 Å². The van der Waals surface area contributed by atoms with E-state index < -0.39 is 0 Å². The van der Waals surface area contributed by atoms with Crippen LogP contribution in [0.4, 0.5) is 17.2 Å². The standard InChI is InChI=1S/C18H23N5O/c1-12-11-17(21(2)20-12)23-10-8-16(18(23)24)22-9-4-5-13-14(19)6-3-7-15(13)22/h3,6-7,11,16H,4-5,8-10,19H2,1-2H3. The normalized spacial score (nSPS) is 20.6. The first kappa shape index (κ1) is 15.1. The highest BCUT2D eigenvalue weighted by Gasteiger charge is 2.39. The van der Waals surface area contributed by atoms with E-state index in [0.717, 1.165) is 55.2 Å². The molecule has 2 aliphatic rings. The number of benzene rings is 1. The van der Waals surface area contributed by atoms with Crippen molar-refractivity contribution in [2.75, 3.05) is 28.6 Å². The van der Waals surface area contributed by atoms with E-state index in [9.17, 15) is 4.79 Å². The van der Waals surface area contributed by atoms with E-state index in [1.165, 1.54) is 5.56 Å². The molecule has 1 unspecified atom stereocenters. The number of rotatable bonds is 2. The third kappa shape index (κ3) is 2.25. The van der Waals surface area contributed by atoms with Gasteiger partial charge in [0.25, 0.3) is 5.91 Å². The number of nitrogens with two attached hydrogens (primary N) is 1. The highest BCUT2D eigenvalue weighted by molar-refractivity contribution is 6.01. The van der Waals surface area contributed by atoms with Crippen molar-refractivity contribution in [2.45, 2.75) is 32.2 Å². The summed E-state index contributed by atoms with van der Waals surface area (Å²) in [4.78, 5) is 17.2. The number of aromatic nitrogens is 2. The molecule has 1 aromatic heterocycles. The van der Waals surface area contributed by atoms with Crippen molar-refractivity contribution in [3.63, 3.8) is 0 Å². The molecule has 126 valence electrons. The van der Waals surface area contributed by atoms with Gasteiger partial charge in [0.15, 0.2) is 0 Å². The Bertz CT molecular complexity index is 797. The maximum Gasteiger partial charge on any atom is 0.250 e. The summed E-state index contributed by atoms with van der Waals surface area (Å²) in [5.41, 5.74) is 10.2. The van der Waals surface area contributed by atoms with Crippen LogP contribution in [0.5, 0.6) is 0 Å². The SMILES string of the molecule is Cc1cc(N2CCC(N3CCCc4c(N)cccc43)C2=O)n(C)n1. The molecule has 0 bridgehead atoms. The van der Waals surface area contributed by atoms with Gasteiger partial charge < -0.3 is 10.6 Å². The summed E-state index contributed by atoms with van der Waals surface area (Å²) in [6, 6.07) is 7.89. The molecule has 24 heavy (non-hydrogen) atoms. The molecule has 0 spiro atoms. The predicted molar refractivity (Wildman–Crippen MR) is 95.2 cm³/mol. The lowest BCUT2D eigenvalue weighted by molar-refractivity contribution is -0.118. The molecule has 0 radical (unpaired) electrons. The second kappa shape index (κ2) is 5.54. The average molecular weight is 325 g/mol. The van der Waals surface area contributed by atoms with Crippen LogP contribution in [-0.4, -0.2) is 34.8 Å². The Balaban J connectivity index is 1.65. The molecule has 0 aliphatic carbocycles. The van der Waals surface area contributed by atoms with E-state index in [0.29, 0.717) is 0 Å². The van der Waals surface area contributed by atoms with Gasteiger partial charge in [0.05, 0.1) is 5.69 Å². The van der Waals surface area contributed by atoms with Gasteiger partial charge in [-0.2, -0.15) is 5.10 Å². The van der Waals surface area contributed by atoms with E-state index >= 15 is 0 Å². The molecule has 1 saturated heterocycles. The van der Waals surface area contributed by atoms with Gasteiger partial charge in [0.1, 0.15) is 11.9 Å². The number of nitrogen functional groups attached to an aromatic ring is 1. The molecule has 3 heterocycles. The summed E-state index contributed by atoms with van der Waals surface area (Å²) in [5.74, 6) is 1.04. The third-order valence-corrected chi connectivity index (χ3v) is 5.13. The van der Waals surface area contributed by atoms with Gasteiger partial charge in [-0.3, -0.25) is 14.4 Å². The van der Waals surface area contributed by atoms with Crippen LogP contribution in [0.15, 0.2) is 24.3 Å². The quantitative estimate of drug-likeness (QED) is 0.856. The van der Waals surface area contributed by atoms with Crippen molar-refractivity contribution >= 4 is 23.1 Å². The van der Waals surface area contributed by atoms with Crippen LogP contribution >= 0.6 is 0 Å².